The van der Waals surface area contributed by atoms with E-state index in [1.165, 1.54) is 11.1 Å². The maximum atomic E-state index is 12.2. The van der Waals surface area contributed by atoms with Crippen LogP contribution in [0.4, 0.5) is 0 Å². The maximum Gasteiger partial charge on any atom is 0.252 e. The molecule has 30 heavy (non-hydrogen) atoms. The van der Waals surface area contributed by atoms with Gasteiger partial charge in [0.25, 0.3) is 5.91 Å². The first-order valence-corrected chi connectivity index (χ1v) is 10.1. The van der Waals surface area contributed by atoms with Gasteiger partial charge in [0.1, 0.15) is 0 Å². The average Bonchev–Trinajstić information content (AvgIpc) is 3.27. The van der Waals surface area contributed by atoms with Gasteiger partial charge >= 0.3 is 0 Å². The van der Waals surface area contributed by atoms with E-state index in [0.717, 1.165) is 0 Å². The first-order chi connectivity index (χ1) is 14.7. The summed E-state index contributed by atoms with van der Waals surface area (Å²) in [6.45, 7) is 2.32. The van der Waals surface area contributed by atoms with Crippen molar-refractivity contribution in [2.75, 3.05) is 20.1 Å². The molecule has 0 unspecified atom stereocenters. The van der Waals surface area contributed by atoms with Crippen molar-refractivity contribution in [1.82, 2.24) is 25.7 Å². The van der Waals surface area contributed by atoms with Gasteiger partial charge in [-0.05, 0) is 29.3 Å². The predicted octanol–water partition coefficient (Wildman–Crippen LogP) is 2.68. The zero-order chi connectivity index (χ0) is 21.2. The quantitative estimate of drug-likeness (QED) is 0.295. The van der Waals surface area contributed by atoms with Crippen LogP contribution in [-0.4, -0.2) is 41.8 Å². The van der Waals surface area contributed by atoms with Crippen LogP contribution in [0.3, 0.4) is 0 Å². The van der Waals surface area contributed by atoms with Crippen molar-refractivity contribution in [3.05, 3.63) is 88.7 Å². The van der Waals surface area contributed by atoms with E-state index in [1.54, 1.807) is 37.5 Å². The monoisotopic (exact) mass is 424 g/mol. The van der Waals surface area contributed by atoms with Crippen LogP contribution in [-0.2, 0) is 13.1 Å². The summed E-state index contributed by atoms with van der Waals surface area (Å²) in [7, 11) is 1.72. The molecular weight excluding hydrogens is 400 g/mol. The molecule has 0 fully saturated rings. The van der Waals surface area contributed by atoms with E-state index in [0.29, 0.717) is 42.7 Å². The minimum absolute atomic E-state index is 0.196. The van der Waals surface area contributed by atoms with Crippen molar-refractivity contribution < 1.29 is 4.79 Å². The van der Waals surface area contributed by atoms with Crippen molar-refractivity contribution in [1.29, 1.82) is 0 Å². The van der Waals surface area contributed by atoms with Crippen LogP contribution in [0.5, 0.6) is 0 Å². The lowest BCUT2D eigenvalue weighted by Crippen LogP contribution is -2.41. The molecule has 2 aromatic carbocycles. The number of halogens is 1. The summed E-state index contributed by atoms with van der Waals surface area (Å²) in [4.78, 5) is 16.4. The van der Waals surface area contributed by atoms with Gasteiger partial charge in [-0.2, -0.15) is 5.10 Å². The number of benzene rings is 2. The summed E-state index contributed by atoms with van der Waals surface area (Å²) in [5, 5.41) is 14.1. The zero-order valence-electron chi connectivity index (χ0n) is 16.8. The molecular formula is C22H25ClN6O. The Kier molecular flexibility index (Phi) is 7.86. The van der Waals surface area contributed by atoms with E-state index >= 15 is 0 Å². The number of rotatable bonds is 8. The molecule has 0 aliphatic rings. The molecule has 0 atom stereocenters. The van der Waals surface area contributed by atoms with Gasteiger partial charge in [0.2, 0.25) is 0 Å². The highest BCUT2D eigenvalue weighted by Gasteiger charge is 2.09. The number of guanidine groups is 1. The molecule has 0 aliphatic heterocycles. The largest absolute Gasteiger partial charge is 0.355 e. The minimum Gasteiger partial charge on any atom is -0.355 e. The van der Waals surface area contributed by atoms with E-state index in [-0.39, 0.29) is 5.91 Å². The van der Waals surface area contributed by atoms with Gasteiger partial charge < -0.3 is 16.0 Å². The van der Waals surface area contributed by atoms with Crippen molar-refractivity contribution in [2.45, 2.75) is 13.1 Å². The molecule has 156 valence electrons. The smallest absolute Gasteiger partial charge is 0.252 e. The standard InChI is InChI=1S/C22H25ClN6O/c1-24-22(26-13-12-25-21(30)19-9-4-5-10-20(19)23)27-15-17-7-2-3-8-18(17)16-29-14-6-11-28-29/h2-11,14H,12-13,15-16H2,1H3,(H,25,30)(H2,24,26,27). The van der Waals surface area contributed by atoms with Gasteiger partial charge in [-0.1, -0.05) is 48.0 Å². The van der Waals surface area contributed by atoms with E-state index in [1.807, 2.05) is 29.1 Å². The average molecular weight is 425 g/mol. The topological polar surface area (TPSA) is 83.3 Å². The molecule has 8 heteroatoms. The summed E-state index contributed by atoms with van der Waals surface area (Å²) in [5.41, 5.74) is 2.83. The molecule has 1 amide bonds. The SMILES string of the molecule is CN=C(NCCNC(=O)c1ccccc1Cl)NCc1ccccc1Cn1cccn1. The van der Waals surface area contributed by atoms with Gasteiger partial charge in [0.15, 0.2) is 5.96 Å². The molecule has 3 aromatic rings. The summed E-state index contributed by atoms with van der Waals surface area (Å²) in [5.74, 6) is 0.466. The fourth-order valence-corrected chi connectivity index (χ4v) is 3.17. The Hall–Kier alpha value is -3.32. The predicted molar refractivity (Wildman–Crippen MR) is 120 cm³/mol. The lowest BCUT2D eigenvalue weighted by atomic mass is 10.1. The number of nitrogens with one attached hydrogen (secondary N) is 3. The van der Waals surface area contributed by atoms with Crippen molar-refractivity contribution in [3.8, 4) is 0 Å². The Labute approximate surface area is 181 Å². The Balaban J connectivity index is 1.45. The lowest BCUT2D eigenvalue weighted by Gasteiger charge is -2.15. The molecule has 0 radical (unpaired) electrons. The fraction of sp³-hybridized carbons (Fsp3) is 0.227. The zero-order valence-corrected chi connectivity index (χ0v) is 17.6. The second-order valence-electron chi connectivity index (χ2n) is 6.56. The number of hydrogen-bond donors (Lipinski definition) is 3. The van der Waals surface area contributed by atoms with Gasteiger partial charge in [0, 0.05) is 39.1 Å². The van der Waals surface area contributed by atoms with Crippen LogP contribution in [0.2, 0.25) is 5.02 Å². The highest BCUT2D eigenvalue weighted by molar-refractivity contribution is 6.33. The fourth-order valence-electron chi connectivity index (χ4n) is 2.95. The molecule has 1 heterocycles. The number of amides is 1. The van der Waals surface area contributed by atoms with E-state index in [4.69, 9.17) is 11.6 Å². The van der Waals surface area contributed by atoms with Crippen LogP contribution >= 0.6 is 11.6 Å². The lowest BCUT2D eigenvalue weighted by molar-refractivity contribution is 0.0954. The molecule has 7 nitrogen and oxygen atoms in total. The van der Waals surface area contributed by atoms with E-state index < -0.39 is 0 Å². The minimum atomic E-state index is -0.196. The highest BCUT2D eigenvalue weighted by Crippen LogP contribution is 2.14. The molecule has 1 aromatic heterocycles. The van der Waals surface area contributed by atoms with Crippen LogP contribution in [0, 0.1) is 0 Å². The number of carbonyl (C=O) groups is 1. The molecule has 0 bridgehead atoms. The Bertz CT molecular complexity index is 987. The van der Waals surface area contributed by atoms with Crippen molar-refractivity contribution in [3.63, 3.8) is 0 Å². The van der Waals surface area contributed by atoms with Gasteiger partial charge in [-0.15, -0.1) is 0 Å². The second-order valence-corrected chi connectivity index (χ2v) is 6.97. The molecule has 0 aliphatic carbocycles. The van der Waals surface area contributed by atoms with Gasteiger partial charge in [-0.25, -0.2) is 0 Å². The van der Waals surface area contributed by atoms with E-state index in [2.05, 4.69) is 38.2 Å². The van der Waals surface area contributed by atoms with Gasteiger partial charge in [0.05, 0.1) is 17.1 Å². The van der Waals surface area contributed by atoms with Crippen LogP contribution < -0.4 is 16.0 Å². The molecule has 0 saturated carbocycles. The Morgan fingerprint density at radius 3 is 2.47 bits per heavy atom. The third-order valence-electron chi connectivity index (χ3n) is 4.50. The van der Waals surface area contributed by atoms with Crippen LogP contribution in [0.15, 0.2) is 72.0 Å². The van der Waals surface area contributed by atoms with Crippen molar-refractivity contribution >= 4 is 23.5 Å². The molecule has 3 N–H and O–H groups in total. The Morgan fingerprint density at radius 2 is 1.73 bits per heavy atom. The number of nitrogens with zero attached hydrogens (tertiary/aromatic N) is 3. The maximum absolute atomic E-state index is 12.2. The number of aromatic nitrogens is 2. The molecule has 0 spiro atoms. The molecule has 0 saturated heterocycles. The van der Waals surface area contributed by atoms with Gasteiger partial charge in [-0.3, -0.25) is 14.5 Å². The summed E-state index contributed by atoms with van der Waals surface area (Å²) in [6.07, 6.45) is 3.72. The first-order valence-electron chi connectivity index (χ1n) is 9.69. The number of carbonyl (C=O) groups excluding carboxylic acids is 1. The third-order valence-corrected chi connectivity index (χ3v) is 4.83. The summed E-state index contributed by atoms with van der Waals surface area (Å²) >= 11 is 6.05. The van der Waals surface area contributed by atoms with Crippen molar-refractivity contribution in [2.24, 2.45) is 4.99 Å². The number of hydrogen-bond acceptors (Lipinski definition) is 3. The first kappa shape index (κ1) is 21.4. The van der Waals surface area contributed by atoms with E-state index in [9.17, 15) is 4.79 Å². The number of aliphatic imine (C=N–C) groups is 1. The van der Waals surface area contributed by atoms with Crippen LogP contribution in [0.1, 0.15) is 21.5 Å². The third kappa shape index (κ3) is 6.09. The van der Waals surface area contributed by atoms with Crippen LogP contribution in [0.25, 0.3) is 0 Å². The Morgan fingerprint density at radius 1 is 1.00 bits per heavy atom. The summed E-state index contributed by atoms with van der Waals surface area (Å²) in [6, 6.07) is 17.1. The highest BCUT2D eigenvalue weighted by atomic mass is 35.5. The second kappa shape index (κ2) is 11.0. The molecule has 3 rings (SSSR count). The summed E-state index contributed by atoms with van der Waals surface area (Å²) < 4.78 is 1.90. The normalized spacial score (nSPS) is 11.2.